The molecule has 0 atom stereocenters. The SMILES string of the molecule is O=C(COc1cccc(C(F)(F)F)c1)N1CCC(Cc2ccccc2)CC1. The smallest absolute Gasteiger partial charge is 0.416 e. The lowest BCUT2D eigenvalue weighted by atomic mass is 9.90. The molecule has 27 heavy (non-hydrogen) atoms. The molecular formula is C21H22F3NO2. The van der Waals surface area contributed by atoms with E-state index in [1.54, 1.807) is 4.90 Å². The van der Waals surface area contributed by atoms with Crippen LogP contribution >= 0.6 is 0 Å². The van der Waals surface area contributed by atoms with Crippen molar-refractivity contribution in [3.05, 3.63) is 65.7 Å². The molecule has 1 heterocycles. The minimum atomic E-state index is -4.43. The van der Waals surface area contributed by atoms with Gasteiger partial charge in [-0.15, -0.1) is 0 Å². The second kappa shape index (κ2) is 8.46. The molecule has 3 rings (SSSR count). The molecule has 144 valence electrons. The third kappa shape index (κ3) is 5.49. The van der Waals surface area contributed by atoms with Crippen LogP contribution in [0.15, 0.2) is 54.6 Å². The molecule has 1 aliphatic rings. The number of ether oxygens (including phenoxy) is 1. The lowest BCUT2D eigenvalue weighted by molar-refractivity contribution is -0.137. The Labute approximate surface area is 156 Å². The minimum absolute atomic E-state index is 0.0529. The van der Waals surface area contributed by atoms with Crippen LogP contribution in [-0.4, -0.2) is 30.5 Å². The first kappa shape index (κ1) is 19.3. The van der Waals surface area contributed by atoms with Crippen molar-refractivity contribution < 1.29 is 22.7 Å². The Hall–Kier alpha value is -2.50. The first-order valence-corrected chi connectivity index (χ1v) is 9.03. The molecule has 3 nitrogen and oxygen atoms in total. The number of piperidine rings is 1. The Balaban J connectivity index is 1.46. The summed E-state index contributed by atoms with van der Waals surface area (Å²) >= 11 is 0. The van der Waals surface area contributed by atoms with Gasteiger partial charge in [-0.1, -0.05) is 36.4 Å². The molecule has 1 saturated heterocycles. The Kier molecular flexibility index (Phi) is 6.04. The zero-order chi connectivity index (χ0) is 19.3. The number of amides is 1. The highest BCUT2D eigenvalue weighted by molar-refractivity contribution is 5.77. The quantitative estimate of drug-likeness (QED) is 0.764. The van der Waals surface area contributed by atoms with Crippen LogP contribution in [0.3, 0.4) is 0 Å². The molecule has 0 bridgehead atoms. The maximum absolute atomic E-state index is 12.7. The average Bonchev–Trinajstić information content (AvgIpc) is 2.67. The van der Waals surface area contributed by atoms with E-state index in [0.717, 1.165) is 31.4 Å². The number of carbonyl (C=O) groups excluding carboxylic acids is 1. The van der Waals surface area contributed by atoms with Crippen LogP contribution in [0.1, 0.15) is 24.0 Å². The Morgan fingerprint density at radius 1 is 1.04 bits per heavy atom. The molecule has 2 aromatic carbocycles. The van der Waals surface area contributed by atoms with E-state index in [2.05, 4.69) is 12.1 Å². The molecule has 0 unspecified atom stereocenters. The van der Waals surface area contributed by atoms with Gasteiger partial charge in [-0.05, 0) is 48.9 Å². The number of rotatable bonds is 5. The Morgan fingerprint density at radius 3 is 2.41 bits per heavy atom. The van der Waals surface area contributed by atoms with Gasteiger partial charge in [-0.25, -0.2) is 0 Å². The number of likely N-dealkylation sites (tertiary alicyclic amines) is 1. The third-order valence-corrected chi connectivity index (χ3v) is 4.86. The number of nitrogens with zero attached hydrogens (tertiary/aromatic N) is 1. The van der Waals surface area contributed by atoms with Crippen LogP contribution < -0.4 is 4.74 Å². The number of hydrogen-bond acceptors (Lipinski definition) is 2. The van der Waals surface area contributed by atoms with Crippen LogP contribution in [0.2, 0.25) is 0 Å². The van der Waals surface area contributed by atoms with Gasteiger partial charge in [0.15, 0.2) is 6.61 Å². The molecule has 0 radical (unpaired) electrons. The van der Waals surface area contributed by atoms with Crippen LogP contribution in [0.25, 0.3) is 0 Å². The van der Waals surface area contributed by atoms with Gasteiger partial charge >= 0.3 is 6.18 Å². The summed E-state index contributed by atoms with van der Waals surface area (Å²) in [5.74, 6) is 0.406. The number of alkyl halides is 3. The van der Waals surface area contributed by atoms with Crippen LogP contribution in [0, 0.1) is 5.92 Å². The normalized spacial score (nSPS) is 15.6. The number of halogens is 3. The highest BCUT2D eigenvalue weighted by Gasteiger charge is 2.30. The monoisotopic (exact) mass is 377 g/mol. The zero-order valence-corrected chi connectivity index (χ0v) is 14.9. The number of benzene rings is 2. The fraction of sp³-hybridized carbons (Fsp3) is 0.381. The second-order valence-corrected chi connectivity index (χ2v) is 6.83. The zero-order valence-electron chi connectivity index (χ0n) is 14.9. The van der Waals surface area contributed by atoms with E-state index in [9.17, 15) is 18.0 Å². The van der Waals surface area contributed by atoms with Crippen LogP contribution in [0.5, 0.6) is 5.75 Å². The highest BCUT2D eigenvalue weighted by Crippen LogP contribution is 2.31. The fourth-order valence-corrected chi connectivity index (χ4v) is 3.33. The van der Waals surface area contributed by atoms with Crippen molar-refractivity contribution in [2.24, 2.45) is 5.92 Å². The van der Waals surface area contributed by atoms with Gasteiger partial charge in [-0.2, -0.15) is 13.2 Å². The second-order valence-electron chi connectivity index (χ2n) is 6.83. The van der Waals surface area contributed by atoms with E-state index in [1.165, 1.54) is 17.7 Å². The molecular weight excluding hydrogens is 355 g/mol. The fourth-order valence-electron chi connectivity index (χ4n) is 3.33. The first-order valence-electron chi connectivity index (χ1n) is 9.03. The predicted octanol–water partition coefficient (Wildman–Crippen LogP) is 4.57. The van der Waals surface area contributed by atoms with E-state index in [4.69, 9.17) is 4.74 Å². The standard InChI is InChI=1S/C21H22F3NO2/c22-21(23,24)18-7-4-8-19(14-18)27-15-20(26)25-11-9-17(10-12-25)13-16-5-2-1-3-6-16/h1-8,14,17H,9-13,15H2. The van der Waals surface area contributed by atoms with E-state index >= 15 is 0 Å². The summed E-state index contributed by atoms with van der Waals surface area (Å²) in [7, 11) is 0. The summed E-state index contributed by atoms with van der Waals surface area (Å²) in [6.45, 7) is 1.06. The van der Waals surface area contributed by atoms with Gasteiger partial charge in [0.05, 0.1) is 5.56 Å². The van der Waals surface area contributed by atoms with E-state index in [1.807, 2.05) is 18.2 Å². The lowest BCUT2D eigenvalue weighted by Crippen LogP contribution is -2.41. The molecule has 1 aliphatic heterocycles. The van der Waals surface area contributed by atoms with Gasteiger partial charge in [0, 0.05) is 13.1 Å². The summed E-state index contributed by atoms with van der Waals surface area (Å²) < 4.78 is 43.4. The molecule has 0 saturated carbocycles. The molecule has 0 aliphatic carbocycles. The maximum atomic E-state index is 12.7. The number of hydrogen-bond donors (Lipinski definition) is 0. The van der Waals surface area contributed by atoms with Gasteiger partial charge in [0.1, 0.15) is 5.75 Å². The van der Waals surface area contributed by atoms with Crippen molar-refractivity contribution in [3.63, 3.8) is 0 Å². The molecule has 1 fully saturated rings. The Bertz CT molecular complexity index is 754. The van der Waals surface area contributed by atoms with Gasteiger partial charge in [0.2, 0.25) is 0 Å². The van der Waals surface area contributed by atoms with Gasteiger partial charge < -0.3 is 9.64 Å². The van der Waals surface area contributed by atoms with Crippen molar-refractivity contribution in [2.75, 3.05) is 19.7 Å². The Morgan fingerprint density at radius 2 is 1.74 bits per heavy atom. The molecule has 2 aromatic rings. The van der Waals surface area contributed by atoms with Gasteiger partial charge in [-0.3, -0.25) is 4.79 Å². The molecule has 6 heteroatoms. The van der Waals surface area contributed by atoms with Crippen LogP contribution in [0.4, 0.5) is 13.2 Å². The largest absolute Gasteiger partial charge is 0.484 e. The molecule has 1 amide bonds. The van der Waals surface area contributed by atoms with Crippen LogP contribution in [-0.2, 0) is 17.4 Å². The van der Waals surface area contributed by atoms with E-state index in [0.29, 0.717) is 19.0 Å². The third-order valence-electron chi connectivity index (χ3n) is 4.86. The summed E-state index contributed by atoms with van der Waals surface area (Å²) in [5, 5.41) is 0. The summed E-state index contributed by atoms with van der Waals surface area (Å²) in [5.41, 5.74) is 0.518. The topological polar surface area (TPSA) is 29.5 Å². The highest BCUT2D eigenvalue weighted by atomic mass is 19.4. The summed E-state index contributed by atoms with van der Waals surface area (Å²) in [6, 6.07) is 14.9. The predicted molar refractivity (Wildman–Crippen MR) is 96.4 cm³/mol. The van der Waals surface area contributed by atoms with Crippen molar-refractivity contribution >= 4 is 5.91 Å². The van der Waals surface area contributed by atoms with Crippen molar-refractivity contribution in [1.82, 2.24) is 4.90 Å². The van der Waals surface area contributed by atoms with E-state index in [-0.39, 0.29) is 18.3 Å². The van der Waals surface area contributed by atoms with Crippen molar-refractivity contribution in [1.29, 1.82) is 0 Å². The average molecular weight is 377 g/mol. The summed E-state index contributed by atoms with van der Waals surface area (Å²) in [6.07, 6.45) is -1.58. The molecule has 0 spiro atoms. The maximum Gasteiger partial charge on any atom is 0.416 e. The number of carbonyl (C=O) groups is 1. The molecule has 0 aromatic heterocycles. The first-order chi connectivity index (χ1) is 12.9. The van der Waals surface area contributed by atoms with Gasteiger partial charge in [0.25, 0.3) is 5.91 Å². The van der Waals surface area contributed by atoms with Crippen molar-refractivity contribution in [3.8, 4) is 5.75 Å². The summed E-state index contributed by atoms with van der Waals surface area (Å²) in [4.78, 5) is 14.0. The van der Waals surface area contributed by atoms with E-state index < -0.39 is 11.7 Å². The molecule has 0 N–H and O–H groups in total. The van der Waals surface area contributed by atoms with Crippen molar-refractivity contribution in [2.45, 2.75) is 25.4 Å². The lowest BCUT2D eigenvalue weighted by Gasteiger charge is -2.32. The minimum Gasteiger partial charge on any atom is -0.484 e.